The summed E-state index contributed by atoms with van der Waals surface area (Å²) in [6, 6.07) is 0. The zero-order valence-electron chi connectivity index (χ0n) is 5.41. The lowest BCUT2D eigenvalue weighted by Crippen LogP contribution is -1.89. The summed E-state index contributed by atoms with van der Waals surface area (Å²) in [5.41, 5.74) is 0.667. The van der Waals surface area contributed by atoms with Gasteiger partial charge in [-0.25, -0.2) is 0 Å². The molecule has 0 saturated heterocycles. The van der Waals surface area contributed by atoms with Gasteiger partial charge in [-0.15, -0.1) is 0 Å². The predicted molar refractivity (Wildman–Crippen MR) is 31.9 cm³/mol. The molecule has 0 amide bonds. The molecule has 1 aliphatic carbocycles. The van der Waals surface area contributed by atoms with E-state index in [1.165, 1.54) is 12.8 Å². The van der Waals surface area contributed by atoms with Crippen LogP contribution in [0.3, 0.4) is 0 Å². The van der Waals surface area contributed by atoms with Crippen LogP contribution in [0.25, 0.3) is 0 Å². The first kappa shape index (κ1) is 5.02. The number of rotatable bonds is 1. The van der Waals surface area contributed by atoms with Crippen LogP contribution in [0.5, 0.6) is 0 Å². The van der Waals surface area contributed by atoms with E-state index in [0.717, 1.165) is 0 Å². The Hall–Kier alpha value is -0.130. The lowest BCUT2D eigenvalue weighted by Gasteiger charge is -1.89. The normalized spacial score (nSPS) is 39.0. The van der Waals surface area contributed by atoms with Crippen molar-refractivity contribution in [2.24, 2.45) is 5.41 Å². The Kier molecular flexibility index (Phi) is 0.844. The highest BCUT2D eigenvalue weighted by Crippen LogP contribution is 2.55. The molecule has 0 N–H and O–H groups in total. The Morgan fingerprint density at radius 2 is 2.14 bits per heavy atom. The van der Waals surface area contributed by atoms with Gasteiger partial charge < -0.3 is 0 Å². The van der Waals surface area contributed by atoms with Crippen LogP contribution < -0.4 is 0 Å². The van der Waals surface area contributed by atoms with E-state index in [9.17, 15) is 0 Å². The molecule has 1 saturated carbocycles. The maximum atomic E-state index is 2.34. The molecule has 0 heterocycles. The molecule has 0 spiro atoms. The van der Waals surface area contributed by atoms with Crippen LogP contribution in [0.1, 0.15) is 33.6 Å². The molecule has 1 aliphatic rings. The van der Waals surface area contributed by atoms with Crippen LogP contribution in [-0.4, -0.2) is 0 Å². The van der Waals surface area contributed by atoms with E-state index in [0.29, 0.717) is 5.41 Å². The van der Waals surface area contributed by atoms with Gasteiger partial charge in [-0.3, -0.25) is 0 Å². The van der Waals surface area contributed by atoms with Crippen molar-refractivity contribution in [3.8, 4) is 0 Å². The van der Waals surface area contributed by atoms with Crippen LogP contribution in [0, 0.1) is 11.3 Å². The minimum absolute atomic E-state index is 0.667. The first-order chi connectivity index (χ1) is 3.19. The molecule has 0 bridgehead atoms. The van der Waals surface area contributed by atoms with Gasteiger partial charge >= 0.3 is 0 Å². The molecule has 0 aromatic carbocycles. The molecule has 0 aromatic rings. The summed E-state index contributed by atoms with van der Waals surface area (Å²) in [5, 5.41) is 0. The Balaban J connectivity index is 2.36. The third kappa shape index (κ3) is 0.624. The Morgan fingerprint density at radius 3 is 2.14 bits per heavy atom. The summed E-state index contributed by atoms with van der Waals surface area (Å²) in [7, 11) is 0. The second-order valence-electron chi connectivity index (χ2n) is 2.87. The van der Waals surface area contributed by atoms with Gasteiger partial charge in [-0.2, -0.15) is 0 Å². The van der Waals surface area contributed by atoms with Crippen LogP contribution in [-0.2, 0) is 0 Å². The monoisotopic (exact) mass is 97.1 g/mol. The lowest BCUT2D eigenvalue weighted by molar-refractivity contribution is 0.562. The molecule has 1 fully saturated rings. The lowest BCUT2D eigenvalue weighted by atomic mass is 10.0. The van der Waals surface area contributed by atoms with E-state index in [1.807, 2.05) is 0 Å². The van der Waals surface area contributed by atoms with E-state index in [2.05, 4.69) is 20.8 Å². The Bertz CT molecular complexity index is 72.1. The smallest absolute Gasteiger partial charge is 0.0606 e. The fourth-order valence-electron chi connectivity index (χ4n) is 0.968. The highest BCUT2D eigenvalue weighted by atomic mass is 14.5. The van der Waals surface area contributed by atoms with Crippen molar-refractivity contribution in [3.05, 3.63) is 5.92 Å². The first-order valence-corrected chi connectivity index (χ1v) is 3.02. The molecule has 0 aromatic heterocycles. The maximum Gasteiger partial charge on any atom is 0.147 e. The van der Waals surface area contributed by atoms with Gasteiger partial charge in [0.2, 0.25) is 0 Å². The SMILES string of the molecule is CCC1(C)C[C+]1C. The molecule has 0 nitrogen and oxygen atoms in total. The largest absolute Gasteiger partial charge is 0.147 e. The summed E-state index contributed by atoms with van der Waals surface area (Å²) in [6.07, 6.45) is 2.71. The van der Waals surface area contributed by atoms with Gasteiger partial charge in [0.1, 0.15) is 17.8 Å². The Morgan fingerprint density at radius 1 is 1.71 bits per heavy atom. The van der Waals surface area contributed by atoms with Crippen molar-refractivity contribution in [1.82, 2.24) is 0 Å². The minimum atomic E-state index is 0.667. The average molecular weight is 97.2 g/mol. The maximum absolute atomic E-state index is 2.34. The van der Waals surface area contributed by atoms with Gasteiger partial charge in [-0.05, 0) is 13.3 Å². The van der Waals surface area contributed by atoms with Crippen molar-refractivity contribution in [1.29, 1.82) is 0 Å². The van der Waals surface area contributed by atoms with Gasteiger partial charge in [-0.1, -0.05) is 6.92 Å². The van der Waals surface area contributed by atoms with Crippen LogP contribution in [0.15, 0.2) is 0 Å². The molecule has 7 heavy (non-hydrogen) atoms. The summed E-state index contributed by atoms with van der Waals surface area (Å²) in [6.45, 7) is 6.85. The van der Waals surface area contributed by atoms with E-state index in [1.54, 1.807) is 5.92 Å². The molecule has 0 heteroatoms. The molecule has 0 aliphatic heterocycles. The van der Waals surface area contributed by atoms with E-state index >= 15 is 0 Å². The zero-order valence-corrected chi connectivity index (χ0v) is 5.41. The van der Waals surface area contributed by atoms with Crippen molar-refractivity contribution < 1.29 is 0 Å². The highest BCUT2D eigenvalue weighted by molar-refractivity contribution is 5.19. The van der Waals surface area contributed by atoms with Gasteiger partial charge in [0.25, 0.3) is 0 Å². The molecular formula is C7H13+. The number of hydrogen-bond acceptors (Lipinski definition) is 0. The van der Waals surface area contributed by atoms with Gasteiger partial charge in [0, 0.05) is 0 Å². The third-order valence-electron chi connectivity index (χ3n) is 2.34. The van der Waals surface area contributed by atoms with Crippen LogP contribution in [0.4, 0.5) is 0 Å². The fraction of sp³-hybridized carbons (Fsp3) is 0.857. The molecule has 0 radical (unpaired) electrons. The van der Waals surface area contributed by atoms with Crippen molar-refractivity contribution in [3.63, 3.8) is 0 Å². The molecule has 1 atom stereocenters. The average Bonchev–Trinajstić information content (AvgIpc) is 2.18. The highest BCUT2D eigenvalue weighted by Gasteiger charge is 2.58. The van der Waals surface area contributed by atoms with Crippen molar-refractivity contribution in [2.75, 3.05) is 0 Å². The minimum Gasteiger partial charge on any atom is -0.0606 e. The quantitative estimate of drug-likeness (QED) is 0.441. The van der Waals surface area contributed by atoms with Gasteiger partial charge in [0.05, 0.1) is 6.92 Å². The molecule has 1 rings (SSSR count). The molecule has 40 valence electrons. The fourth-order valence-corrected chi connectivity index (χ4v) is 0.968. The van der Waals surface area contributed by atoms with E-state index < -0.39 is 0 Å². The predicted octanol–water partition coefficient (Wildman–Crippen LogP) is 2.40. The van der Waals surface area contributed by atoms with Gasteiger partial charge in [0.15, 0.2) is 0 Å². The second-order valence-corrected chi connectivity index (χ2v) is 2.87. The Labute approximate surface area is 45.9 Å². The summed E-state index contributed by atoms with van der Waals surface area (Å²) in [4.78, 5) is 0. The van der Waals surface area contributed by atoms with Crippen LogP contribution >= 0.6 is 0 Å². The van der Waals surface area contributed by atoms with E-state index in [-0.39, 0.29) is 0 Å². The second kappa shape index (κ2) is 1.18. The van der Waals surface area contributed by atoms with Crippen molar-refractivity contribution in [2.45, 2.75) is 33.6 Å². The third-order valence-corrected chi connectivity index (χ3v) is 2.34. The van der Waals surface area contributed by atoms with Crippen LogP contribution in [0.2, 0.25) is 0 Å². The summed E-state index contributed by atoms with van der Waals surface area (Å²) < 4.78 is 0. The summed E-state index contributed by atoms with van der Waals surface area (Å²) in [5.74, 6) is 1.69. The molecular weight excluding hydrogens is 84.1 g/mol. The first-order valence-electron chi connectivity index (χ1n) is 3.02. The zero-order chi connectivity index (χ0) is 5.49. The topological polar surface area (TPSA) is 0 Å². The number of hydrogen-bond donors (Lipinski definition) is 0. The summed E-state index contributed by atoms with van der Waals surface area (Å²) >= 11 is 0. The standard InChI is InChI=1S/C7H13/c1-4-7(3)5-6(7)2/h4-5H2,1-3H3/q+1. The molecule has 1 unspecified atom stereocenters. The van der Waals surface area contributed by atoms with Crippen molar-refractivity contribution >= 4 is 0 Å². The van der Waals surface area contributed by atoms with E-state index in [4.69, 9.17) is 0 Å².